The number of likely N-dealkylation sites (N-methyl/N-ethyl adjacent to an activating group) is 6. The maximum Gasteiger partial charge on any atom is 0.246 e. The maximum absolute atomic E-state index is 15.5. The van der Waals surface area contributed by atoms with Gasteiger partial charge in [-0.05, 0) is 148 Å². The fourth-order valence-electron chi connectivity index (χ4n) is 13.7. The third-order valence-corrected chi connectivity index (χ3v) is 20.6. The van der Waals surface area contributed by atoms with Crippen molar-refractivity contribution in [2.24, 2.45) is 0 Å². The molecule has 0 radical (unpaired) electrons. The summed E-state index contributed by atoms with van der Waals surface area (Å²) in [5, 5.41) is 28.6. The number of carbonyl (C=O) groups is 12. The van der Waals surface area contributed by atoms with Gasteiger partial charge in [0.15, 0.2) is 23.0 Å². The van der Waals surface area contributed by atoms with Crippen LogP contribution in [0.4, 0.5) is 0 Å². The topological polar surface area (TPSA) is 363 Å². The number of nitrogens with one attached hydrogen (secondary N) is 6. The number of phenolic OH excluding ortho intramolecular Hbond substituents is 1. The molecule has 7 N–H and O–H groups in total. The van der Waals surface area contributed by atoms with Crippen molar-refractivity contribution in [3.63, 3.8) is 0 Å². The number of benzene rings is 6. The predicted octanol–water partition coefficient (Wildman–Crippen LogP) is 3.49. The summed E-state index contributed by atoms with van der Waals surface area (Å²) in [6.45, 7) is 8.53. The average Bonchev–Trinajstić information content (AvgIpc) is 0.793. The number of amides is 12. The number of phenols is 1. The average molecular weight is 1510 g/mol. The summed E-state index contributed by atoms with van der Waals surface area (Å²) in [6.07, 6.45) is -0.894. The zero-order valence-electron chi connectivity index (χ0n) is 63.9. The van der Waals surface area contributed by atoms with Crippen molar-refractivity contribution in [2.75, 3.05) is 56.5 Å². The van der Waals surface area contributed by atoms with Gasteiger partial charge in [-0.2, -0.15) is 0 Å². The van der Waals surface area contributed by atoms with Crippen molar-refractivity contribution in [3.8, 4) is 51.7 Å². The Morgan fingerprint density at radius 3 is 1.07 bits per heavy atom. The third-order valence-electron chi connectivity index (χ3n) is 20.6. The first-order chi connectivity index (χ1) is 52.2. The van der Waals surface area contributed by atoms with E-state index in [4.69, 9.17) is 23.7 Å². The number of fused-ring (bicyclic) bond motifs is 4. The summed E-state index contributed by atoms with van der Waals surface area (Å²) in [5.41, 5.74) is 2.91. The summed E-state index contributed by atoms with van der Waals surface area (Å²) >= 11 is 0. The fourth-order valence-corrected chi connectivity index (χ4v) is 13.7. The molecule has 0 aromatic heterocycles. The van der Waals surface area contributed by atoms with E-state index in [1.807, 2.05) is 0 Å². The molecule has 6 aliphatic heterocycles. The van der Waals surface area contributed by atoms with Crippen molar-refractivity contribution in [1.29, 1.82) is 0 Å². The smallest absolute Gasteiger partial charge is 0.246 e. The second-order valence-corrected chi connectivity index (χ2v) is 28.4. The third kappa shape index (κ3) is 18.3. The molecule has 6 aliphatic rings. The number of ether oxygens (including phenoxy) is 5. The van der Waals surface area contributed by atoms with Gasteiger partial charge in [-0.3, -0.25) is 57.5 Å². The normalized spacial score (nSPS) is 24.7. The van der Waals surface area contributed by atoms with Crippen LogP contribution in [0.5, 0.6) is 51.7 Å². The monoisotopic (exact) mass is 1510 g/mol. The van der Waals surface area contributed by atoms with Crippen molar-refractivity contribution in [3.05, 3.63) is 161 Å². The number of rotatable bonds is 8. The molecule has 110 heavy (non-hydrogen) atoms. The molecule has 6 heterocycles. The highest BCUT2D eigenvalue weighted by Crippen LogP contribution is 2.45. The van der Waals surface area contributed by atoms with E-state index >= 15 is 19.2 Å². The zero-order valence-corrected chi connectivity index (χ0v) is 63.9. The summed E-state index contributed by atoms with van der Waals surface area (Å²) in [5.74, 6) is -8.21. The van der Waals surface area contributed by atoms with Crippen LogP contribution in [-0.2, 0) is 96.1 Å². The molecule has 0 spiro atoms. The summed E-state index contributed by atoms with van der Waals surface area (Å²) in [7, 11) is 11.4. The predicted molar refractivity (Wildman–Crippen MR) is 401 cm³/mol. The van der Waals surface area contributed by atoms with Gasteiger partial charge in [0, 0.05) is 80.8 Å². The summed E-state index contributed by atoms with van der Waals surface area (Å²) < 4.78 is 30.4. The lowest BCUT2D eigenvalue weighted by Crippen LogP contribution is -2.61. The maximum atomic E-state index is 15.5. The Balaban J connectivity index is 0.997. The molecule has 12 amide bonds. The zero-order chi connectivity index (χ0) is 79.9. The van der Waals surface area contributed by atoms with Crippen molar-refractivity contribution < 1.29 is 86.3 Å². The Morgan fingerprint density at radius 1 is 0.345 bits per heavy atom. The largest absolute Gasteiger partial charge is 0.502 e. The van der Waals surface area contributed by atoms with Crippen LogP contribution < -0.4 is 55.6 Å². The van der Waals surface area contributed by atoms with Crippen LogP contribution in [0.15, 0.2) is 127 Å². The molecule has 12 bridgehead atoms. The highest BCUT2D eigenvalue weighted by molar-refractivity contribution is 6.00. The molecular formula is C80H94N12O18. The van der Waals surface area contributed by atoms with Gasteiger partial charge in [0.05, 0.1) is 14.2 Å². The highest BCUT2D eigenvalue weighted by Gasteiger charge is 2.43. The van der Waals surface area contributed by atoms with Gasteiger partial charge in [0.1, 0.15) is 95.5 Å². The van der Waals surface area contributed by atoms with E-state index in [9.17, 15) is 43.5 Å². The van der Waals surface area contributed by atoms with Crippen LogP contribution in [0.1, 0.15) is 74.9 Å². The lowest BCUT2D eigenvalue weighted by atomic mass is 9.98. The van der Waals surface area contributed by atoms with Gasteiger partial charge >= 0.3 is 0 Å². The first-order valence-electron chi connectivity index (χ1n) is 36.1. The van der Waals surface area contributed by atoms with E-state index in [1.165, 1.54) is 147 Å². The Bertz CT molecular complexity index is 4500. The Kier molecular flexibility index (Phi) is 25.1. The fraction of sp³-hybridized carbons (Fsp3) is 0.400. The van der Waals surface area contributed by atoms with E-state index in [0.717, 1.165) is 4.90 Å². The van der Waals surface area contributed by atoms with E-state index < -0.39 is 149 Å². The number of methoxy groups -OCH3 is 2. The molecule has 6 aromatic rings. The molecule has 12 unspecified atom stereocenters. The lowest BCUT2D eigenvalue weighted by molar-refractivity contribution is -0.149. The Labute approximate surface area is 637 Å². The molecule has 12 atom stereocenters. The Hall–Kier alpha value is -12.2. The van der Waals surface area contributed by atoms with Gasteiger partial charge < -0.3 is 90.1 Å². The molecular weight excluding hydrogens is 1420 g/mol. The number of hydrogen-bond acceptors (Lipinski definition) is 18. The minimum atomic E-state index is -1.51. The number of carbonyl (C=O) groups excluding carboxylic acids is 12. The lowest BCUT2D eigenvalue weighted by Gasteiger charge is -2.37. The molecule has 30 nitrogen and oxygen atoms in total. The Morgan fingerprint density at radius 2 is 0.673 bits per heavy atom. The number of aromatic hydroxyl groups is 1. The van der Waals surface area contributed by atoms with Gasteiger partial charge in [0.25, 0.3) is 0 Å². The minimum absolute atomic E-state index is 0.00390. The van der Waals surface area contributed by atoms with E-state index in [0.29, 0.717) is 39.3 Å². The van der Waals surface area contributed by atoms with Gasteiger partial charge in [-0.15, -0.1) is 0 Å². The van der Waals surface area contributed by atoms with Crippen LogP contribution in [0, 0.1) is 0 Å². The number of nitrogens with zero attached hydrogens (tertiary/aromatic N) is 6. The van der Waals surface area contributed by atoms with Crippen LogP contribution in [-0.4, -0.2) is 234 Å². The first-order valence-corrected chi connectivity index (χ1v) is 36.1. The molecule has 0 saturated carbocycles. The van der Waals surface area contributed by atoms with Gasteiger partial charge in [0.2, 0.25) is 76.6 Å². The molecule has 12 rings (SSSR count). The van der Waals surface area contributed by atoms with Crippen molar-refractivity contribution >= 4 is 70.9 Å². The van der Waals surface area contributed by atoms with Gasteiger partial charge in [-0.1, -0.05) is 54.6 Å². The van der Waals surface area contributed by atoms with Crippen LogP contribution in [0.3, 0.4) is 0 Å². The van der Waals surface area contributed by atoms with Gasteiger partial charge in [-0.25, -0.2) is 0 Å². The second-order valence-electron chi connectivity index (χ2n) is 28.4. The van der Waals surface area contributed by atoms with E-state index in [1.54, 1.807) is 103 Å². The highest BCUT2D eigenvalue weighted by atomic mass is 16.5. The second kappa shape index (κ2) is 34.3. The molecule has 0 aliphatic carbocycles. The molecule has 30 heteroatoms. The first kappa shape index (κ1) is 80.3. The number of hydrogen-bond donors (Lipinski definition) is 7. The standard InChI is InChI=1S/C80H94N12O18/c1-42-69(94)83-44(3)75(100)87(7)58(33-48-15-24-54(106-13)25-16-48)73(98)85-46(5)77(102)91(11)62-35-50-19-28-56(29-20-50)108-65-39-52(37-60(71(96)81-42)89(9)79(62)104)23-32-64(65)110-67-41-53-38-61-72(97)82-43(2)70(95)84-45(4)76(101)88(8)59(34-49-17-26-55(107-14)27-18-49)74(99)86-47(6)78(103)92(12)63(80(105)90(61)10)36-51-21-30-57(31-22-51)109-66(40-53)68(67)93/h15-32,39-47,58-63,93H,33-38H2,1-14H3,(H,81,96)(H,82,97)(H,83,94)(H,84,95)(H,85,98)(H,86,99). The summed E-state index contributed by atoms with van der Waals surface area (Å²) in [4.78, 5) is 183. The van der Waals surface area contributed by atoms with Crippen LogP contribution in [0.25, 0.3) is 0 Å². The quantitative estimate of drug-likeness (QED) is 0.115. The summed E-state index contributed by atoms with van der Waals surface area (Å²) in [6, 6.07) is 18.4. The molecule has 2 fully saturated rings. The van der Waals surface area contributed by atoms with E-state index in [2.05, 4.69) is 31.9 Å². The van der Waals surface area contributed by atoms with Crippen LogP contribution in [0.2, 0.25) is 0 Å². The SMILES string of the molecule is COc1ccc(CC2C(=O)NC(C)C(=O)N(C)C3Cc4ccc(cc4)Oc4cc(ccc4Oc4cc5cc(c4O)Oc4ccc(cc4)CC4C(=O)N(C)C(C5)C(=O)NC(C)C(=O)NC(C)C(=O)N(C)C(Cc5ccc(OC)cc5)C(=O)NC(C)C(=O)N4C)CC(C(=O)NC(C)C(=O)NC(C)C(=O)N2C)N(C)C3=O)cc1. The molecule has 2 saturated heterocycles. The van der Waals surface area contributed by atoms with Crippen molar-refractivity contribution in [2.45, 2.75) is 153 Å². The van der Waals surface area contributed by atoms with Crippen molar-refractivity contribution in [1.82, 2.24) is 61.3 Å². The molecule has 6 aromatic carbocycles. The van der Waals surface area contributed by atoms with E-state index in [-0.39, 0.29) is 78.6 Å². The van der Waals surface area contributed by atoms with Crippen LogP contribution >= 0.6 is 0 Å². The molecule has 582 valence electrons. The minimum Gasteiger partial charge on any atom is -0.502 e.